The van der Waals surface area contributed by atoms with E-state index in [2.05, 4.69) is 19.2 Å². The second-order valence-corrected chi connectivity index (χ2v) is 7.34. The van der Waals surface area contributed by atoms with Gasteiger partial charge in [-0.2, -0.15) is 0 Å². The minimum absolute atomic E-state index is 0. The smallest absolute Gasteiger partial charge is 0.130 e. The third kappa shape index (κ3) is 16.6. The summed E-state index contributed by atoms with van der Waals surface area (Å²) < 4.78 is 5.20. The summed E-state index contributed by atoms with van der Waals surface area (Å²) in [6, 6.07) is 0. The number of hydrogen-bond donors (Lipinski definition) is 1. The van der Waals surface area contributed by atoms with Crippen LogP contribution in [0.3, 0.4) is 0 Å². The van der Waals surface area contributed by atoms with Crippen molar-refractivity contribution >= 4 is 0 Å². The Morgan fingerprint density at radius 3 is 1.73 bits per heavy atom. The molecule has 22 heavy (non-hydrogen) atoms. The van der Waals surface area contributed by atoms with Crippen LogP contribution >= 0.6 is 0 Å². The van der Waals surface area contributed by atoms with Gasteiger partial charge in [-0.3, -0.25) is 0 Å². The second kappa shape index (κ2) is 16.1. The molecular formula is C19H40ClNO. The highest BCUT2D eigenvalue weighted by Gasteiger charge is 2.23. The molecule has 1 rings (SSSR count). The maximum Gasteiger partial charge on any atom is 0.130 e. The average Bonchev–Trinajstić information content (AvgIpc) is 3.27. The van der Waals surface area contributed by atoms with Crippen molar-refractivity contribution in [3.8, 4) is 0 Å². The molecule has 134 valence electrons. The predicted octanol–water partition coefficient (Wildman–Crippen LogP) is 1.29. The molecule has 1 heterocycles. The zero-order chi connectivity index (χ0) is 15.2. The van der Waals surface area contributed by atoms with Crippen molar-refractivity contribution in [3.63, 3.8) is 0 Å². The lowest BCUT2D eigenvalue weighted by atomic mass is 10.0. The molecule has 0 aromatic carbocycles. The van der Waals surface area contributed by atoms with Crippen LogP contribution in [0, 0.1) is 5.92 Å². The van der Waals surface area contributed by atoms with Gasteiger partial charge in [0, 0.05) is 0 Å². The molecule has 0 bridgehead atoms. The number of nitrogens with two attached hydrogens (primary N) is 1. The molecule has 1 atom stereocenters. The van der Waals surface area contributed by atoms with Crippen LogP contribution in [0.1, 0.15) is 90.9 Å². The van der Waals surface area contributed by atoms with E-state index in [4.69, 9.17) is 4.74 Å². The summed E-state index contributed by atoms with van der Waals surface area (Å²) in [5.41, 5.74) is 0. The summed E-state index contributed by atoms with van der Waals surface area (Å²) in [6.07, 6.45) is 18.0. The summed E-state index contributed by atoms with van der Waals surface area (Å²) >= 11 is 0. The van der Waals surface area contributed by atoms with Crippen LogP contribution in [-0.2, 0) is 4.74 Å². The first kappa shape index (κ1) is 22.2. The topological polar surface area (TPSA) is 29.1 Å². The Balaban J connectivity index is 0.00000441. The van der Waals surface area contributed by atoms with Crippen molar-refractivity contribution in [2.45, 2.75) is 97.0 Å². The SMILES string of the molecule is CC(C)CCCCCCCCCCCCC[NH2+]CC1CO1.[Cl-]. The minimum Gasteiger partial charge on any atom is -1.00 e. The van der Waals surface area contributed by atoms with Gasteiger partial charge in [0.15, 0.2) is 0 Å². The first-order valence-corrected chi connectivity index (χ1v) is 9.72. The minimum atomic E-state index is 0. The average molecular weight is 334 g/mol. The maximum absolute atomic E-state index is 5.20. The third-order valence-corrected chi connectivity index (χ3v) is 4.52. The highest BCUT2D eigenvalue weighted by molar-refractivity contribution is 4.65. The molecule has 0 amide bonds. The fraction of sp³-hybridized carbons (Fsp3) is 1.00. The Hall–Kier alpha value is 0.210. The van der Waals surface area contributed by atoms with Crippen LogP contribution in [0.2, 0.25) is 0 Å². The van der Waals surface area contributed by atoms with Crippen LogP contribution in [0.15, 0.2) is 0 Å². The van der Waals surface area contributed by atoms with Gasteiger partial charge < -0.3 is 22.5 Å². The van der Waals surface area contributed by atoms with E-state index in [9.17, 15) is 0 Å². The molecule has 1 aliphatic heterocycles. The van der Waals surface area contributed by atoms with Gasteiger partial charge in [0.2, 0.25) is 0 Å². The van der Waals surface area contributed by atoms with Gasteiger partial charge in [0.25, 0.3) is 0 Å². The summed E-state index contributed by atoms with van der Waals surface area (Å²) in [7, 11) is 0. The van der Waals surface area contributed by atoms with E-state index in [1.807, 2.05) is 0 Å². The molecular weight excluding hydrogens is 294 g/mol. The number of halogens is 1. The Morgan fingerprint density at radius 1 is 0.818 bits per heavy atom. The molecule has 0 spiro atoms. The van der Waals surface area contributed by atoms with E-state index < -0.39 is 0 Å². The third-order valence-electron chi connectivity index (χ3n) is 4.52. The molecule has 1 fully saturated rings. The monoisotopic (exact) mass is 333 g/mol. The van der Waals surface area contributed by atoms with Gasteiger partial charge in [-0.1, -0.05) is 78.1 Å². The van der Waals surface area contributed by atoms with Crippen LogP contribution < -0.4 is 17.7 Å². The predicted molar refractivity (Wildman–Crippen MR) is 91.6 cm³/mol. The fourth-order valence-electron chi connectivity index (χ4n) is 2.94. The number of rotatable bonds is 16. The number of ether oxygens (including phenoxy) is 1. The van der Waals surface area contributed by atoms with E-state index in [0.717, 1.165) is 12.5 Å². The number of unbranched alkanes of at least 4 members (excludes halogenated alkanes) is 10. The van der Waals surface area contributed by atoms with Gasteiger partial charge in [-0.05, 0) is 18.8 Å². The lowest BCUT2D eigenvalue weighted by molar-refractivity contribution is -0.656. The fourth-order valence-corrected chi connectivity index (χ4v) is 2.94. The van der Waals surface area contributed by atoms with E-state index in [1.165, 1.54) is 90.1 Å². The molecule has 0 aliphatic carbocycles. The highest BCUT2D eigenvalue weighted by Crippen LogP contribution is 2.13. The van der Waals surface area contributed by atoms with Gasteiger partial charge in [-0.25, -0.2) is 0 Å². The molecule has 0 saturated carbocycles. The van der Waals surface area contributed by atoms with Gasteiger partial charge in [0.1, 0.15) is 12.6 Å². The Bertz CT molecular complexity index is 205. The largest absolute Gasteiger partial charge is 1.00 e. The zero-order valence-corrected chi connectivity index (χ0v) is 15.9. The van der Waals surface area contributed by atoms with Gasteiger partial charge in [-0.15, -0.1) is 0 Å². The molecule has 0 radical (unpaired) electrons. The molecule has 1 saturated heterocycles. The first-order chi connectivity index (χ1) is 10.3. The maximum atomic E-state index is 5.20. The number of epoxide rings is 1. The summed E-state index contributed by atoms with van der Waals surface area (Å²) in [4.78, 5) is 0. The number of hydrogen-bond acceptors (Lipinski definition) is 1. The van der Waals surface area contributed by atoms with Crippen molar-refractivity contribution < 1.29 is 22.5 Å². The Morgan fingerprint density at radius 2 is 1.27 bits per heavy atom. The van der Waals surface area contributed by atoms with E-state index >= 15 is 0 Å². The Kier molecular flexibility index (Phi) is 16.2. The molecule has 0 aromatic heterocycles. The van der Waals surface area contributed by atoms with Crippen LogP contribution in [0.25, 0.3) is 0 Å². The van der Waals surface area contributed by atoms with Crippen molar-refractivity contribution in [2.24, 2.45) is 5.92 Å². The number of quaternary nitrogens is 1. The van der Waals surface area contributed by atoms with Crippen LogP contribution in [-0.4, -0.2) is 25.8 Å². The molecule has 1 aliphatic rings. The normalized spacial score (nSPS) is 16.8. The molecule has 2 N–H and O–H groups in total. The van der Waals surface area contributed by atoms with Gasteiger partial charge in [0.05, 0.1) is 13.2 Å². The van der Waals surface area contributed by atoms with Crippen molar-refractivity contribution in [3.05, 3.63) is 0 Å². The molecule has 3 heteroatoms. The van der Waals surface area contributed by atoms with Gasteiger partial charge >= 0.3 is 0 Å². The Labute approximate surface area is 145 Å². The van der Waals surface area contributed by atoms with E-state index in [0.29, 0.717) is 6.10 Å². The molecule has 0 aromatic rings. The first-order valence-electron chi connectivity index (χ1n) is 9.72. The summed E-state index contributed by atoms with van der Waals surface area (Å²) in [5, 5.41) is 2.43. The summed E-state index contributed by atoms with van der Waals surface area (Å²) in [6.45, 7) is 8.17. The van der Waals surface area contributed by atoms with Crippen molar-refractivity contribution in [2.75, 3.05) is 19.7 Å². The second-order valence-electron chi connectivity index (χ2n) is 7.34. The van der Waals surface area contributed by atoms with Crippen LogP contribution in [0.5, 0.6) is 0 Å². The molecule has 1 unspecified atom stereocenters. The van der Waals surface area contributed by atoms with Crippen LogP contribution in [0.4, 0.5) is 0 Å². The van der Waals surface area contributed by atoms with E-state index in [-0.39, 0.29) is 12.4 Å². The zero-order valence-electron chi connectivity index (χ0n) is 15.1. The standard InChI is InChI=1S/C19H39NO.ClH/c1-18(2)14-12-10-8-6-4-3-5-7-9-11-13-15-20-16-19-17-21-19;/h18-20H,3-17H2,1-2H3;1H. The van der Waals surface area contributed by atoms with Crippen molar-refractivity contribution in [1.82, 2.24) is 0 Å². The van der Waals surface area contributed by atoms with E-state index in [1.54, 1.807) is 0 Å². The van der Waals surface area contributed by atoms with Crippen molar-refractivity contribution in [1.29, 1.82) is 0 Å². The quantitative estimate of drug-likeness (QED) is 0.335. The lowest BCUT2D eigenvalue weighted by Crippen LogP contribution is -3.00. The summed E-state index contributed by atoms with van der Waals surface area (Å²) in [5.74, 6) is 0.893. The lowest BCUT2D eigenvalue weighted by Gasteiger charge is -2.04. The highest BCUT2D eigenvalue weighted by atomic mass is 35.5. The molecule has 2 nitrogen and oxygen atoms in total.